The molecule has 0 saturated heterocycles. The maximum absolute atomic E-state index is 11.7. The van der Waals surface area contributed by atoms with Crippen LogP contribution in [0, 0.1) is 6.92 Å². The van der Waals surface area contributed by atoms with Crippen LogP contribution in [0.15, 0.2) is 11.2 Å². The van der Waals surface area contributed by atoms with E-state index in [9.17, 15) is 8.42 Å². The van der Waals surface area contributed by atoms with Crippen LogP contribution in [-0.2, 0) is 16.6 Å². The molecule has 7 heteroatoms. The molecule has 6 nitrogen and oxygen atoms in total. The summed E-state index contributed by atoms with van der Waals surface area (Å²) in [5.74, 6) is 0.672. The Kier molecular flexibility index (Phi) is 4.45. The average Bonchev–Trinajstić information content (AvgIpc) is 2.59. The second-order valence-corrected chi connectivity index (χ2v) is 5.15. The quantitative estimate of drug-likeness (QED) is 0.733. The molecule has 1 rings (SSSR count). The summed E-state index contributed by atoms with van der Waals surface area (Å²) in [4.78, 5) is 3.98. The molecule has 0 spiro atoms. The van der Waals surface area contributed by atoms with E-state index >= 15 is 0 Å². The van der Waals surface area contributed by atoms with Crippen molar-refractivity contribution in [1.82, 2.24) is 14.3 Å². The lowest BCUT2D eigenvalue weighted by molar-refractivity contribution is 0.301. The minimum atomic E-state index is -3.58. The van der Waals surface area contributed by atoms with Crippen LogP contribution in [0.25, 0.3) is 0 Å². The van der Waals surface area contributed by atoms with Gasteiger partial charge in [-0.3, -0.25) is 0 Å². The van der Waals surface area contributed by atoms with Gasteiger partial charge in [0, 0.05) is 19.3 Å². The number of nitrogens with one attached hydrogen (secondary N) is 1. The number of aliphatic hydroxyl groups is 1. The Bertz CT molecular complexity index is 439. The van der Waals surface area contributed by atoms with Gasteiger partial charge in [-0.25, -0.2) is 18.1 Å². The fourth-order valence-corrected chi connectivity index (χ4v) is 2.36. The van der Waals surface area contributed by atoms with Gasteiger partial charge in [0.25, 0.3) is 10.0 Å². The Morgan fingerprint density at radius 1 is 1.56 bits per heavy atom. The van der Waals surface area contributed by atoms with Crippen LogP contribution >= 0.6 is 0 Å². The highest BCUT2D eigenvalue weighted by molar-refractivity contribution is 7.89. The summed E-state index contributed by atoms with van der Waals surface area (Å²) >= 11 is 0. The van der Waals surface area contributed by atoms with E-state index in [1.807, 2.05) is 6.92 Å². The Balaban J connectivity index is 2.91. The van der Waals surface area contributed by atoms with Crippen LogP contribution in [0.4, 0.5) is 0 Å². The number of hydrogen-bond donors (Lipinski definition) is 2. The Morgan fingerprint density at radius 3 is 2.81 bits per heavy atom. The Morgan fingerprint density at radius 2 is 2.25 bits per heavy atom. The molecule has 0 aliphatic rings. The predicted molar refractivity (Wildman–Crippen MR) is 59.5 cm³/mol. The third-order valence-corrected chi connectivity index (χ3v) is 3.43. The molecule has 0 saturated carbocycles. The molecule has 0 aromatic carbocycles. The van der Waals surface area contributed by atoms with Crippen molar-refractivity contribution >= 4 is 10.0 Å². The summed E-state index contributed by atoms with van der Waals surface area (Å²) in [7, 11) is -3.58. The van der Waals surface area contributed by atoms with Gasteiger partial charge in [-0.15, -0.1) is 0 Å². The van der Waals surface area contributed by atoms with Crippen LogP contribution < -0.4 is 4.72 Å². The van der Waals surface area contributed by atoms with Crippen molar-refractivity contribution in [2.75, 3.05) is 13.2 Å². The van der Waals surface area contributed by atoms with E-state index in [0.29, 0.717) is 5.82 Å². The number of rotatable bonds is 6. The van der Waals surface area contributed by atoms with E-state index in [0.717, 1.165) is 13.0 Å². The molecule has 0 radical (unpaired) electrons. The van der Waals surface area contributed by atoms with Gasteiger partial charge in [0.1, 0.15) is 5.82 Å². The molecule has 0 amide bonds. The maximum atomic E-state index is 11.7. The SMILES string of the molecule is CCCn1cc(S(=O)(=O)NCCO)nc1C. The van der Waals surface area contributed by atoms with Crippen LogP contribution in [-0.4, -0.2) is 36.2 Å². The van der Waals surface area contributed by atoms with Crippen molar-refractivity contribution in [2.24, 2.45) is 0 Å². The lowest BCUT2D eigenvalue weighted by Gasteiger charge is -2.01. The Labute approximate surface area is 95.4 Å². The molecule has 92 valence electrons. The first-order valence-corrected chi connectivity index (χ1v) is 6.64. The summed E-state index contributed by atoms with van der Waals surface area (Å²) in [5.41, 5.74) is 0. The second kappa shape index (κ2) is 5.42. The molecule has 1 aromatic heterocycles. The first-order chi connectivity index (χ1) is 7.51. The fourth-order valence-electron chi connectivity index (χ4n) is 1.33. The van der Waals surface area contributed by atoms with Crippen molar-refractivity contribution < 1.29 is 13.5 Å². The maximum Gasteiger partial charge on any atom is 0.259 e. The van der Waals surface area contributed by atoms with Gasteiger partial charge in [-0.2, -0.15) is 0 Å². The molecule has 0 atom stereocenters. The molecule has 1 heterocycles. The molecule has 0 unspecified atom stereocenters. The van der Waals surface area contributed by atoms with Crippen molar-refractivity contribution in [3.05, 3.63) is 12.0 Å². The highest BCUT2D eigenvalue weighted by atomic mass is 32.2. The second-order valence-electron chi connectivity index (χ2n) is 3.44. The molecule has 2 N–H and O–H groups in total. The fraction of sp³-hybridized carbons (Fsp3) is 0.667. The molecular formula is C9H17N3O3S. The summed E-state index contributed by atoms with van der Waals surface area (Å²) < 4.78 is 27.4. The number of hydrogen-bond acceptors (Lipinski definition) is 4. The third kappa shape index (κ3) is 3.03. The van der Waals surface area contributed by atoms with Crippen LogP contribution in [0.5, 0.6) is 0 Å². The Hall–Kier alpha value is -0.920. The normalized spacial score (nSPS) is 11.9. The van der Waals surface area contributed by atoms with Gasteiger partial charge in [-0.05, 0) is 13.3 Å². The largest absolute Gasteiger partial charge is 0.395 e. The zero-order valence-electron chi connectivity index (χ0n) is 9.47. The topological polar surface area (TPSA) is 84.2 Å². The van der Waals surface area contributed by atoms with Gasteiger partial charge < -0.3 is 9.67 Å². The predicted octanol–water partition coefficient (Wildman–Crippen LogP) is -0.128. The standard InChI is InChI=1S/C9H17N3O3S/c1-3-5-12-7-9(11-8(12)2)16(14,15)10-4-6-13/h7,10,13H,3-6H2,1-2H3. The van der Waals surface area contributed by atoms with E-state index in [2.05, 4.69) is 9.71 Å². The first kappa shape index (κ1) is 13.1. The number of sulfonamides is 1. The van der Waals surface area contributed by atoms with Gasteiger partial charge in [0.15, 0.2) is 5.03 Å². The van der Waals surface area contributed by atoms with Crippen LogP contribution in [0.3, 0.4) is 0 Å². The molecule has 1 aromatic rings. The van der Waals surface area contributed by atoms with E-state index in [1.54, 1.807) is 11.5 Å². The summed E-state index contributed by atoms with van der Waals surface area (Å²) in [6.45, 7) is 4.29. The molecule has 0 fully saturated rings. The molecule has 16 heavy (non-hydrogen) atoms. The molecule has 0 aliphatic carbocycles. The van der Waals surface area contributed by atoms with Crippen LogP contribution in [0.2, 0.25) is 0 Å². The smallest absolute Gasteiger partial charge is 0.259 e. The third-order valence-electron chi connectivity index (χ3n) is 2.10. The van der Waals surface area contributed by atoms with Gasteiger partial charge in [0.2, 0.25) is 0 Å². The number of aromatic nitrogens is 2. The zero-order chi connectivity index (χ0) is 12.2. The summed E-state index contributed by atoms with van der Waals surface area (Å²) in [6, 6.07) is 0. The van der Waals surface area contributed by atoms with Crippen molar-refractivity contribution in [2.45, 2.75) is 31.8 Å². The molecule has 0 bridgehead atoms. The zero-order valence-corrected chi connectivity index (χ0v) is 10.3. The minimum Gasteiger partial charge on any atom is -0.395 e. The lowest BCUT2D eigenvalue weighted by atomic mass is 10.5. The highest BCUT2D eigenvalue weighted by Crippen LogP contribution is 2.09. The van der Waals surface area contributed by atoms with Crippen LogP contribution in [0.1, 0.15) is 19.2 Å². The van der Waals surface area contributed by atoms with Crippen molar-refractivity contribution in [1.29, 1.82) is 0 Å². The first-order valence-electron chi connectivity index (χ1n) is 5.15. The van der Waals surface area contributed by atoms with Gasteiger partial charge in [-0.1, -0.05) is 6.92 Å². The van der Waals surface area contributed by atoms with Gasteiger partial charge in [0.05, 0.1) is 6.61 Å². The molecular weight excluding hydrogens is 230 g/mol. The highest BCUT2D eigenvalue weighted by Gasteiger charge is 2.18. The molecule has 0 aliphatic heterocycles. The minimum absolute atomic E-state index is 0.00200. The van der Waals surface area contributed by atoms with Crippen molar-refractivity contribution in [3.63, 3.8) is 0 Å². The van der Waals surface area contributed by atoms with E-state index in [4.69, 9.17) is 5.11 Å². The van der Waals surface area contributed by atoms with Gasteiger partial charge >= 0.3 is 0 Å². The summed E-state index contributed by atoms with van der Waals surface area (Å²) in [5, 5.41) is 8.57. The van der Waals surface area contributed by atoms with E-state index in [1.165, 1.54) is 6.20 Å². The number of aryl methyl sites for hydroxylation is 2. The number of aliphatic hydroxyl groups excluding tert-OH is 1. The lowest BCUT2D eigenvalue weighted by Crippen LogP contribution is -2.26. The monoisotopic (exact) mass is 247 g/mol. The average molecular weight is 247 g/mol. The number of nitrogens with zero attached hydrogens (tertiary/aromatic N) is 2. The number of imidazole rings is 1. The van der Waals surface area contributed by atoms with E-state index < -0.39 is 10.0 Å². The van der Waals surface area contributed by atoms with E-state index in [-0.39, 0.29) is 18.2 Å². The van der Waals surface area contributed by atoms with Crippen molar-refractivity contribution in [3.8, 4) is 0 Å². The summed E-state index contributed by atoms with van der Waals surface area (Å²) in [6.07, 6.45) is 2.43.